The predicted molar refractivity (Wildman–Crippen MR) is 147 cm³/mol. The molecule has 6 heteroatoms. The van der Waals surface area contributed by atoms with E-state index in [9.17, 15) is 4.79 Å². The molecule has 0 aromatic heterocycles. The number of carbonyl (C=O) groups is 1. The molecule has 0 amide bonds. The zero-order valence-corrected chi connectivity index (χ0v) is 20.8. The third-order valence-electron chi connectivity index (χ3n) is 6.57. The van der Waals surface area contributed by atoms with Crippen LogP contribution in [0.15, 0.2) is 77.1 Å². The molecular formula is C29H31N5O. The molecule has 0 fully saturated rings. The molecule has 3 aromatic rings. The second kappa shape index (κ2) is 9.50. The lowest BCUT2D eigenvalue weighted by Crippen LogP contribution is -2.22. The molecular weight excluding hydrogens is 434 g/mol. The van der Waals surface area contributed by atoms with Crippen LogP contribution in [0.2, 0.25) is 0 Å². The minimum absolute atomic E-state index is 0.141. The van der Waals surface area contributed by atoms with Gasteiger partial charge in [0.05, 0.1) is 22.8 Å². The number of aliphatic imine (C=N–C) groups is 1. The Labute approximate surface area is 206 Å². The van der Waals surface area contributed by atoms with E-state index >= 15 is 0 Å². The summed E-state index contributed by atoms with van der Waals surface area (Å²) in [6, 6.07) is 15.5. The Balaban J connectivity index is 1.77. The van der Waals surface area contributed by atoms with E-state index in [1.807, 2.05) is 83.1 Å². The van der Waals surface area contributed by atoms with Crippen molar-refractivity contribution < 1.29 is 4.79 Å². The second-order valence-corrected chi connectivity index (χ2v) is 8.97. The maximum atomic E-state index is 13.1. The number of aryl methyl sites for hydroxylation is 1. The average Bonchev–Trinajstić information content (AvgIpc) is 2.83. The van der Waals surface area contributed by atoms with E-state index in [1.54, 1.807) is 12.2 Å². The van der Waals surface area contributed by atoms with Crippen LogP contribution >= 0.6 is 0 Å². The highest BCUT2D eigenvalue weighted by Crippen LogP contribution is 2.29. The lowest BCUT2D eigenvalue weighted by molar-refractivity contribution is -0.111. The molecule has 1 aliphatic carbocycles. The van der Waals surface area contributed by atoms with E-state index in [0.717, 1.165) is 56.3 Å². The first-order chi connectivity index (χ1) is 16.6. The summed E-state index contributed by atoms with van der Waals surface area (Å²) >= 11 is 0. The van der Waals surface area contributed by atoms with Crippen LogP contribution in [0.4, 0.5) is 28.4 Å². The molecule has 0 spiro atoms. The van der Waals surface area contributed by atoms with E-state index in [1.165, 1.54) is 0 Å². The third kappa shape index (κ3) is 4.96. The fraction of sp³-hybridized carbons (Fsp3) is 0.172. The van der Waals surface area contributed by atoms with Gasteiger partial charge in [0.15, 0.2) is 0 Å². The molecule has 0 aliphatic heterocycles. The van der Waals surface area contributed by atoms with E-state index < -0.39 is 0 Å². The number of allylic oxidation sites excluding steroid dienone is 2. The molecule has 0 unspecified atom stereocenters. The molecule has 0 heterocycles. The van der Waals surface area contributed by atoms with Gasteiger partial charge in [0.25, 0.3) is 0 Å². The quantitative estimate of drug-likeness (QED) is 0.271. The number of carbonyl (C=O) groups excluding carboxylic acids is 1. The Morgan fingerprint density at radius 1 is 0.657 bits per heavy atom. The number of nitrogens with two attached hydrogens (primary N) is 2. The van der Waals surface area contributed by atoms with Gasteiger partial charge in [0, 0.05) is 28.8 Å². The van der Waals surface area contributed by atoms with Gasteiger partial charge < -0.3 is 22.1 Å². The number of anilines is 4. The van der Waals surface area contributed by atoms with E-state index in [4.69, 9.17) is 16.5 Å². The normalized spacial score (nSPS) is 14.5. The number of ketones is 1. The van der Waals surface area contributed by atoms with E-state index in [-0.39, 0.29) is 5.78 Å². The van der Waals surface area contributed by atoms with Crippen molar-refractivity contribution in [3.8, 4) is 0 Å². The van der Waals surface area contributed by atoms with Crippen molar-refractivity contribution in [2.24, 2.45) is 4.99 Å². The molecule has 6 nitrogen and oxygen atoms in total. The number of benzene rings is 3. The number of nitrogens with zero attached hydrogens (tertiary/aromatic N) is 1. The number of nitrogen functional groups attached to an aromatic ring is 2. The molecule has 0 saturated carbocycles. The first-order valence-electron chi connectivity index (χ1n) is 11.5. The maximum absolute atomic E-state index is 13.1. The van der Waals surface area contributed by atoms with Gasteiger partial charge >= 0.3 is 0 Å². The average molecular weight is 466 g/mol. The summed E-state index contributed by atoms with van der Waals surface area (Å²) in [5.41, 5.74) is 22.9. The predicted octanol–water partition coefficient (Wildman–Crippen LogP) is 6.04. The van der Waals surface area contributed by atoms with Crippen LogP contribution in [0.3, 0.4) is 0 Å². The lowest BCUT2D eigenvalue weighted by atomic mass is 10.0. The van der Waals surface area contributed by atoms with Crippen molar-refractivity contribution >= 4 is 39.9 Å². The van der Waals surface area contributed by atoms with E-state index in [2.05, 4.69) is 10.6 Å². The van der Waals surface area contributed by atoms with Crippen LogP contribution in [0.5, 0.6) is 0 Å². The minimum atomic E-state index is -0.141. The smallest absolute Gasteiger partial charge is 0.204 e. The number of hydrogen-bond donors (Lipinski definition) is 4. The van der Waals surface area contributed by atoms with Gasteiger partial charge in [-0.05, 0) is 99.3 Å². The highest BCUT2D eigenvalue weighted by molar-refractivity contribution is 6.24. The topological polar surface area (TPSA) is 106 Å². The summed E-state index contributed by atoms with van der Waals surface area (Å²) < 4.78 is 0. The summed E-state index contributed by atoms with van der Waals surface area (Å²) in [6.07, 6.45) is 3.37. The standard InChI is InChI=1S/C29H31N5O/c1-16-6-8-21(9-7-16)32-27-15-29(35)28(34-25-13-11-23(31)18(3)20(25)5)14-26(27)33-24-12-10-22(30)17(2)19(24)4/h6-15,32,34H,30-31H2,1-5H3/b33-26-. The van der Waals surface area contributed by atoms with Gasteiger partial charge in [0.2, 0.25) is 5.78 Å². The van der Waals surface area contributed by atoms with Gasteiger partial charge in [-0.2, -0.15) is 0 Å². The van der Waals surface area contributed by atoms with Crippen molar-refractivity contribution in [2.75, 3.05) is 22.1 Å². The summed E-state index contributed by atoms with van der Waals surface area (Å²) in [6.45, 7) is 9.97. The second-order valence-electron chi connectivity index (χ2n) is 8.97. The fourth-order valence-electron chi connectivity index (χ4n) is 3.85. The molecule has 0 radical (unpaired) electrons. The highest BCUT2D eigenvalue weighted by Gasteiger charge is 2.21. The fourth-order valence-corrected chi connectivity index (χ4v) is 3.85. The molecule has 4 rings (SSSR count). The summed E-state index contributed by atoms with van der Waals surface area (Å²) in [5, 5.41) is 6.66. The van der Waals surface area contributed by atoms with Gasteiger partial charge in [0.1, 0.15) is 0 Å². The molecule has 6 N–H and O–H groups in total. The monoisotopic (exact) mass is 465 g/mol. The lowest BCUT2D eigenvalue weighted by Gasteiger charge is -2.20. The molecule has 35 heavy (non-hydrogen) atoms. The van der Waals surface area contributed by atoms with Crippen LogP contribution in [0.1, 0.15) is 27.8 Å². The molecule has 0 atom stereocenters. The molecule has 0 saturated heterocycles. The SMILES string of the molecule is Cc1ccc(NC2=CC(=O)C(Nc3ccc(N)c(C)c3C)=C/C2=N/c2ccc(N)c(C)c2C)cc1. The van der Waals surface area contributed by atoms with Crippen LogP contribution in [-0.4, -0.2) is 11.5 Å². The number of rotatable bonds is 5. The van der Waals surface area contributed by atoms with Crippen LogP contribution in [0.25, 0.3) is 0 Å². The number of hydrogen-bond acceptors (Lipinski definition) is 6. The first kappa shape index (κ1) is 23.8. The van der Waals surface area contributed by atoms with Crippen molar-refractivity contribution in [3.63, 3.8) is 0 Å². The summed E-state index contributed by atoms with van der Waals surface area (Å²) in [5.74, 6) is -0.141. The highest BCUT2D eigenvalue weighted by atomic mass is 16.1. The summed E-state index contributed by atoms with van der Waals surface area (Å²) in [4.78, 5) is 18.1. The van der Waals surface area contributed by atoms with E-state index in [0.29, 0.717) is 17.1 Å². The van der Waals surface area contributed by atoms with Gasteiger partial charge in [-0.1, -0.05) is 17.7 Å². The van der Waals surface area contributed by atoms with Crippen molar-refractivity contribution in [3.05, 3.63) is 99.9 Å². The zero-order chi connectivity index (χ0) is 25.3. The Morgan fingerprint density at radius 2 is 1.29 bits per heavy atom. The van der Waals surface area contributed by atoms with Crippen LogP contribution < -0.4 is 22.1 Å². The Morgan fingerprint density at radius 3 is 1.97 bits per heavy atom. The van der Waals surface area contributed by atoms with Crippen molar-refractivity contribution in [2.45, 2.75) is 34.6 Å². The molecule has 0 bridgehead atoms. The Bertz CT molecular complexity index is 1410. The molecule has 1 aliphatic rings. The molecule has 178 valence electrons. The first-order valence-corrected chi connectivity index (χ1v) is 11.5. The van der Waals surface area contributed by atoms with Crippen molar-refractivity contribution in [1.29, 1.82) is 0 Å². The van der Waals surface area contributed by atoms with Crippen molar-refractivity contribution in [1.82, 2.24) is 0 Å². The van der Waals surface area contributed by atoms with Gasteiger partial charge in [-0.3, -0.25) is 4.79 Å². The third-order valence-corrected chi connectivity index (χ3v) is 6.57. The summed E-state index contributed by atoms with van der Waals surface area (Å²) in [7, 11) is 0. The van der Waals surface area contributed by atoms with Gasteiger partial charge in [-0.25, -0.2) is 4.99 Å². The van der Waals surface area contributed by atoms with Gasteiger partial charge in [-0.15, -0.1) is 0 Å². The largest absolute Gasteiger partial charge is 0.399 e. The zero-order valence-electron chi connectivity index (χ0n) is 20.8. The Kier molecular flexibility index (Phi) is 6.47. The Hall–Kier alpha value is -4.32. The van der Waals surface area contributed by atoms with Crippen LogP contribution in [-0.2, 0) is 4.79 Å². The molecule has 3 aromatic carbocycles. The maximum Gasteiger partial charge on any atom is 0.204 e. The minimum Gasteiger partial charge on any atom is -0.399 e. The van der Waals surface area contributed by atoms with Crippen LogP contribution in [0, 0.1) is 34.6 Å². The number of nitrogens with one attached hydrogen (secondary N) is 2.